The Labute approximate surface area is 137 Å². The summed E-state index contributed by atoms with van der Waals surface area (Å²) in [5.74, 6) is 0.455. The van der Waals surface area contributed by atoms with Crippen molar-refractivity contribution in [3.8, 4) is 5.75 Å². The van der Waals surface area contributed by atoms with Crippen LogP contribution in [0.15, 0.2) is 46.7 Å². The Morgan fingerprint density at radius 1 is 1.18 bits per heavy atom. The van der Waals surface area contributed by atoms with E-state index in [1.807, 2.05) is 31.2 Å². The van der Waals surface area contributed by atoms with Crippen molar-refractivity contribution in [2.24, 2.45) is 0 Å². The van der Waals surface area contributed by atoms with E-state index in [1.54, 1.807) is 17.5 Å². The van der Waals surface area contributed by atoms with E-state index in [9.17, 15) is 9.59 Å². The van der Waals surface area contributed by atoms with Crippen LogP contribution in [0, 0.1) is 0 Å². The fourth-order valence-electron chi connectivity index (χ4n) is 1.58. The molecule has 1 aromatic heterocycles. The van der Waals surface area contributed by atoms with Crippen LogP contribution in [0.2, 0.25) is 0 Å². The predicted molar refractivity (Wildman–Crippen MR) is 88.3 cm³/mol. The highest BCUT2D eigenvalue weighted by Gasteiger charge is 2.08. The molecule has 0 bridgehead atoms. The summed E-state index contributed by atoms with van der Waals surface area (Å²) in [5, 5.41) is 1.80. The number of thiophene rings is 1. The largest absolute Gasteiger partial charge is 0.494 e. The van der Waals surface area contributed by atoms with Gasteiger partial charge in [0.15, 0.2) is 0 Å². The van der Waals surface area contributed by atoms with Gasteiger partial charge < -0.3 is 4.74 Å². The van der Waals surface area contributed by atoms with Crippen LogP contribution in [-0.2, 0) is 4.79 Å². The van der Waals surface area contributed by atoms with Gasteiger partial charge in [0, 0.05) is 4.90 Å². The average molecular weight is 336 g/mol. The number of ether oxygens (including phenoxy) is 1. The van der Waals surface area contributed by atoms with E-state index in [0.717, 1.165) is 10.6 Å². The second kappa shape index (κ2) is 8.45. The second-order valence-electron chi connectivity index (χ2n) is 4.17. The van der Waals surface area contributed by atoms with Crippen LogP contribution < -0.4 is 15.6 Å². The zero-order valence-electron chi connectivity index (χ0n) is 12.0. The van der Waals surface area contributed by atoms with Crippen LogP contribution in [0.3, 0.4) is 0 Å². The molecule has 2 amide bonds. The van der Waals surface area contributed by atoms with Crippen LogP contribution >= 0.6 is 23.1 Å². The van der Waals surface area contributed by atoms with E-state index in [-0.39, 0.29) is 17.6 Å². The van der Waals surface area contributed by atoms with E-state index in [1.165, 1.54) is 23.1 Å². The van der Waals surface area contributed by atoms with Crippen molar-refractivity contribution in [2.45, 2.75) is 11.8 Å². The minimum Gasteiger partial charge on any atom is -0.494 e. The number of rotatable bonds is 6. The van der Waals surface area contributed by atoms with Crippen molar-refractivity contribution < 1.29 is 14.3 Å². The maximum atomic E-state index is 11.7. The summed E-state index contributed by atoms with van der Waals surface area (Å²) in [4.78, 5) is 24.9. The van der Waals surface area contributed by atoms with E-state index >= 15 is 0 Å². The number of hydrogen-bond donors (Lipinski definition) is 2. The molecule has 0 saturated carbocycles. The summed E-state index contributed by atoms with van der Waals surface area (Å²) in [5.41, 5.74) is 4.78. The topological polar surface area (TPSA) is 67.4 Å². The first-order valence-electron chi connectivity index (χ1n) is 6.67. The van der Waals surface area contributed by atoms with E-state index in [4.69, 9.17) is 4.74 Å². The van der Waals surface area contributed by atoms with Crippen molar-refractivity contribution in [1.82, 2.24) is 10.9 Å². The Balaban J connectivity index is 1.72. The fraction of sp³-hybridized carbons (Fsp3) is 0.200. The SMILES string of the molecule is CCOc1ccc(SCC(=O)NNC(=O)c2cccs2)cc1. The smallest absolute Gasteiger partial charge is 0.279 e. The van der Waals surface area contributed by atoms with Crippen LogP contribution in [0.1, 0.15) is 16.6 Å². The number of amides is 2. The first kappa shape index (κ1) is 16.4. The summed E-state index contributed by atoms with van der Waals surface area (Å²) in [7, 11) is 0. The van der Waals surface area contributed by atoms with Gasteiger partial charge in [0.05, 0.1) is 17.2 Å². The standard InChI is InChI=1S/C15H16N2O3S2/c1-2-20-11-5-7-12(8-6-11)22-10-14(18)16-17-15(19)13-4-3-9-21-13/h3-9H,2,10H2,1H3,(H,16,18)(H,17,19). The highest BCUT2D eigenvalue weighted by Crippen LogP contribution is 2.21. The summed E-state index contributed by atoms with van der Waals surface area (Å²) >= 11 is 2.71. The molecule has 0 saturated heterocycles. The van der Waals surface area contributed by atoms with Crippen molar-refractivity contribution in [3.05, 3.63) is 46.7 Å². The first-order valence-corrected chi connectivity index (χ1v) is 8.54. The van der Waals surface area contributed by atoms with Crippen LogP contribution in [0.4, 0.5) is 0 Å². The minimum absolute atomic E-state index is 0.221. The molecule has 0 unspecified atom stereocenters. The Hall–Kier alpha value is -1.99. The predicted octanol–water partition coefficient (Wildman–Crippen LogP) is 2.70. The summed E-state index contributed by atoms with van der Waals surface area (Å²) in [6.45, 7) is 2.55. The molecule has 0 spiro atoms. The zero-order chi connectivity index (χ0) is 15.8. The monoisotopic (exact) mass is 336 g/mol. The highest BCUT2D eigenvalue weighted by molar-refractivity contribution is 8.00. The van der Waals surface area contributed by atoms with Gasteiger partial charge in [-0.2, -0.15) is 0 Å². The number of nitrogens with one attached hydrogen (secondary N) is 2. The number of thioether (sulfide) groups is 1. The molecule has 2 rings (SSSR count). The normalized spacial score (nSPS) is 10.0. The molecule has 7 heteroatoms. The van der Waals surface area contributed by atoms with Gasteiger partial charge in [-0.05, 0) is 42.6 Å². The molecular formula is C15H16N2O3S2. The van der Waals surface area contributed by atoms with Gasteiger partial charge in [0.2, 0.25) is 5.91 Å². The molecule has 0 radical (unpaired) electrons. The van der Waals surface area contributed by atoms with E-state index in [2.05, 4.69) is 10.9 Å². The molecular weight excluding hydrogens is 320 g/mol. The maximum absolute atomic E-state index is 11.7. The van der Waals surface area contributed by atoms with Crippen molar-refractivity contribution in [1.29, 1.82) is 0 Å². The average Bonchev–Trinajstić information content (AvgIpc) is 3.07. The number of benzene rings is 1. The van der Waals surface area contributed by atoms with Crippen LogP contribution in [0.5, 0.6) is 5.75 Å². The van der Waals surface area contributed by atoms with E-state index in [0.29, 0.717) is 11.5 Å². The van der Waals surface area contributed by atoms with Gasteiger partial charge >= 0.3 is 0 Å². The molecule has 22 heavy (non-hydrogen) atoms. The van der Waals surface area contributed by atoms with Crippen molar-refractivity contribution in [3.63, 3.8) is 0 Å². The fourth-order valence-corrected chi connectivity index (χ4v) is 2.90. The third-order valence-electron chi connectivity index (χ3n) is 2.57. The molecule has 0 atom stereocenters. The van der Waals surface area contributed by atoms with Gasteiger partial charge in [0.1, 0.15) is 5.75 Å². The quantitative estimate of drug-likeness (QED) is 0.629. The minimum atomic E-state index is -0.311. The number of carbonyl (C=O) groups excluding carboxylic acids is 2. The first-order chi connectivity index (χ1) is 10.7. The Bertz CT molecular complexity index is 612. The lowest BCUT2D eigenvalue weighted by molar-refractivity contribution is -0.119. The maximum Gasteiger partial charge on any atom is 0.279 e. The Morgan fingerprint density at radius 2 is 1.95 bits per heavy atom. The molecule has 116 valence electrons. The lowest BCUT2D eigenvalue weighted by Gasteiger charge is -2.07. The third-order valence-corrected chi connectivity index (χ3v) is 4.45. The second-order valence-corrected chi connectivity index (χ2v) is 6.17. The Kier molecular flexibility index (Phi) is 6.29. The lowest BCUT2D eigenvalue weighted by atomic mass is 10.3. The van der Waals surface area contributed by atoms with Gasteiger partial charge in [-0.15, -0.1) is 23.1 Å². The van der Waals surface area contributed by atoms with Gasteiger partial charge in [-0.1, -0.05) is 6.07 Å². The molecule has 1 heterocycles. The van der Waals surface area contributed by atoms with Crippen molar-refractivity contribution >= 4 is 34.9 Å². The molecule has 0 fully saturated rings. The summed E-state index contributed by atoms with van der Waals surface area (Å²) < 4.78 is 5.35. The lowest BCUT2D eigenvalue weighted by Crippen LogP contribution is -2.42. The van der Waals surface area contributed by atoms with Gasteiger partial charge in [0.25, 0.3) is 5.91 Å². The van der Waals surface area contributed by atoms with Crippen molar-refractivity contribution in [2.75, 3.05) is 12.4 Å². The molecule has 0 aliphatic carbocycles. The Morgan fingerprint density at radius 3 is 2.59 bits per heavy atom. The number of carbonyl (C=O) groups is 2. The number of hydrazine groups is 1. The van der Waals surface area contributed by atoms with Crippen LogP contribution in [-0.4, -0.2) is 24.2 Å². The van der Waals surface area contributed by atoms with Gasteiger partial charge in [-0.25, -0.2) is 0 Å². The molecule has 0 aliphatic heterocycles. The molecule has 5 nitrogen and oxygen atoms in total. The van der Waals surface area contributed by atoms with Gasteiger partial charge in [-0.3, -0.25) is 20.4 Å². The molecule has 1 aromatic carbocycles. The molecule has 0 aliphatic rings. The highest BCUT2D eigenvalue weighted by atomic mass is 32.2. The number of hydrogen-bond acceptors (Lipinski definition) is 5. The summed E-state index contributed by atoms with van der Waals surface area (Å²) in [6.07, 6.45) is 0. The molecule has 2 N–H and O–H groups in total. The third kappa shape index (κ3) is 5.09. The zero-order valence-corrected chi connectivity index (χ0v) is 13.6. The molecule has 2 aromatic rings. The van der Waals surface area contributed by atoms with E-state index < -0.39 is 0 Å². The van der Waals surface area contributed by atoms with Crippen LogP contribution in [0.25, 0.3) is 0 Å². The summed E-state index contributed by atoms with van der Waals surface area (Å²) in [6, 6.07) is 11.0.